The minimum Gasteiger partial charge on any atom is -0.369 e. The van der Waals surface area contributed by atoms with Crippen LogP contribution >= 0.6 is 23.2 Å². The highest BCUT2D eigenvalue weighted by Gasteiger charge is 2.25. The van der Waals surface area contributed by atoms with Crippen molar-refractivity contribution < 1.29 is 0 Å². The maximum atomic E-state index is 6.15. The Morgan fingerprint density at radius 2 is 2.05 bits per heavy atom. The van der Waals surface area contributed by atoms with Gasteiger partial charge in [0.2, 0.25) is 5.95 Å². The number of rotatable bonds is 2. The first-order valence-electron chi connectivity index (χ1n) is 7.22. The normalized spacial score (nSPS) is 23.4. The Morgan fingerprint density at radius 1 is 1.30 bits per heavy atom. The molecule has 0 amide bonds. The largest absolute Gasteiger partial charge is 0.369 e. The van der Waals surface area contributed by atoms with Crippen molar-refractivity contribution in [1.29, 1.82) is 0 Å². The average molecular weight is 312 g/mol. The Hall–Kier alpha value is -0.930. The Bertz CT molecular complexity index is 636. The molecule has 0 bridgehead atoms. The van der Waals surface area contributed by atoms with Crippen molar-refractivity contribution in [1.82, 2.24) is 9.55 Å². The molecule has 2 atom stereocenters. The fourth-order valence-corrected chi connectivity index (χ4v) is 3.68. The van der Waals surface area contributed by atoms with Gasteiger partial charge in [-0.25, -0.2) is 4.98 Å². The molecule has 1 heterocycles. The van der Waals surface area contributed by atoms with E-state index in [-0.39, 0.29) is 0 Å². The van der Waals surface area contributed by atoms with Crippen LogP contribution in [0.25, 0.3) is 11.0 Å². The number of nitrogens with two attached hydrogens (primary N) is 1. The summed E-state index contributed by atoms with van der Waals surface area (Å²) in [6.07, 6.45) is 6.14. The maximum Gasteiger partial charge on any atom is 0.201 e. The number of nitrogens with zero attached hydrogens (tertiary/aromatic N) is 2. The summed E-state index contributed by atoms with van der Waals surface area (Å²) < 4.78 is 2.15. The van der Waals surface area contributed by atoms with Gasteiger partial charge in [0.15, 0.2) is 0 Å². The number of hydrogen-bond acceptors (Lipinski definition) is 2. The van der Waals surface area contributed by atoms with E-state index < -0.39 is 0 Å². The molecule has 0 radical (unpaired) electrons. The van der Waals surface area contributed by atoms with Gasteiger partial charge in [-0.2, -0.15) is 0 Å². The molecule has 1 saturated carbocycles. The standard InChI is InChI=1S/C15H19Cl2N3/c1-2-9-4-3-5-10(6-9)20-14-8-12(17)11(16)7-13(14)19-15(20)18/h7-10H,2-6H2,1H3,(H2,18,19). The van der Waals surface area contributed by atoms with Gasteiger partial charge in [-0.3, -0.25) is 0 Å². The van der Waals surface area contributed by atoms with Gasteiger partial charge >= 0.3 is 0 Å². The first-order valence-corrected chi connectivity index (χ1v) is 7.98. The second-order valence-corrected chi connectivity index (χ2v) is 6.50. The minimum absolute atomic E-state index is 0.427. The molecule has 2 N–H and O–H groups in total. The van der Waals surface area contributed by atoms with Crippen LogP contribution in [0.15, 0.2) is 12.1 Å². The average Bonchev–Trinajstić information content (AvgIpc) is 2.74. The van der Waals surface area contributed by atoms with E-state index in [0.717, 1.165) is 23.4 Å². The van der Waals surface area contributed by atoms with Gasteiger partial charge in [-0.1, -0.05) is 49.4 Å². The second kappa shape index (κ2) is 5.45. The highest BCUT2D eigenvalue weighted by molar-refractivity contribution is 6.42. The van der Waals surface area contributed by atoms with Gasteiger partial charge in [-0.15, -0.1) is 0 Å². The Kier molecular flexibility index (Phi) is 3.83. The molecule has 2 unspecified atom stereocenters. The van der Waals surface area contributed by atoms with Gasteiger partial charge in [0, 0.05) is 6.04 Å². The lowest BCUT2D eigenvalue weighted by molar-refractivity contribution is 0.267. The molecule has 5 heteroatoms. The van der Waals surface area contributed by atoms with Crippen LogP contribution in [-0.2, 0) is 0 Å². The quantitative estimate of drug-likeness (QED) is 0.841. The molecule has 0 spiro atoms. The number of fused-ring (bicyclic) bond motifs is 1. The fourth-order valence-electron chi connectivity index (χ4n) is 3.36. The molecule has 1 aliphatic carbocycles. The summed E-state index contributed by atoms with van der Waals surface area (Å²) in [4.78, 5) is 4.44. The topological polar surface area (TPSA) is 43.8 Å². The van der Waals surface area contributed by atoms with Crippen molar-refractivity contribution in [2.24, 2.45) is 5.92 Å². The summed E-state index contributed by atoms with van der Waals surface area (Å²) in [5, 5.41) is 1.09. The van der Waals surface area contributed by atoms with E-state index in [2.05, 4.69) is 16.5 Å². The molecule has 1 aromatic carbocycles. The Balaban J connectivity index is 2.06. The predicted octanol–water partition coefficient (Wildman–Crippen LogP) is 5.07. The van der Waals surface area contributed by atoms with Crippen LogP contribution in [0.4, 0.5) is 5.95 Å². The molecule has 1 aromatic heterocycles. The van der Waals surface area contributed by atoms with Gasteiger partial charge < -0.3 is 10.3 Å². The molecule has 3 nitrogen and oxygen atoms in total. The van der Waals surface area contributed by atoms with E-state index in [9.17, 15) is 0 Å². The monoisotopic (exact) mass is 311 g/mol. The van der Waals surface area contributed by atoms with E-state index in [0.29, 0.717) is 22.0 Å². The first kappa shape index (κ1) is 14.0. The van der Waals surface area contributed by atoms with Crippen molar-refractivity contribution in [2.45, 2.75) is 45.1 Å². The molecular weight excluding hydrogens is 293 g/mol. The number of nitrogen functional groups attached to an aromatic ring is 1. The number of aromatic nitrogens is 2. The fraction of sp³-hybridized carbons (Fsp3) is 0.533. The van der Waals surface area contributed by atoms with Crippen LogP contribution in [0.5, 0.6) is 0 Å². The second-order valence-electron chi connectivity index (χ2n) is 5.69. The minimum atomic E-state index is 0.427. The van der Waals surface area contributed by atoms with E-state index in [1.807, 2.05) is 6.07 Å². The number of imidazole rings is 1. The number of halogens is 2. The Morgan fingerprint density at radius 3 is 2.80 bits per heavy atom. The summed E-state index contributed by atoms with van der Waals surface area (Å²) in [5.74, 6) is 1.36. The Labute approximate surface area is 129 Å². The summed E-state index contributed by atoms with van der Waals surface area (Å²) in [6.45, 7) is 2.26. The third-order valence-electron chi connectivity index (χ3n) is 4.46. The number of anilines is 1. The van der Waals surface area contributed by atoms with E-state index in [4.69, 9.17) is 28.9 Å². The lowest BCUT2D eigenvalue weighted by Crippen LogP contribution is -2.20. The van der Waals surface area contributed by atoms with E-state index in [1.54, 1.807) is 6.07 Å². The van der Waals surface area contributed by atoms with Crippen molar-refractivity contribution >= 4 is 40.2 Å². The van der Waals surface area contributed by atoms with Crippen molar-refractivity contribution in [3.8, 4) is 0 Å². The molecule has 2 aromatic rings. The first-order chi connectivity index (χ1) is 9.60. The van der Waals surface area contributed by atoms with E-state index in [1.165, 1.54) is 25.7 Å². The molecular formula is C15H19Cl2N3. The molecule has 1 aliphatic rings. The van der Waals surface area contributed by atoms with Crippen LogP contribution in [0.1, 0.15) is 45.1 Å². The molecule has 20 heavy (non-hydrogen) atoms. The van der Waals surface area contributed by atoms with Crippen molar-refractivity contribution in [3.05, 3.63) is 22.2 Å². The third kappa shape index (κ3) is 2.38. The highest BCUT2D eigenvalue weighted by atomic mass is 35.5. The molecule has 0 saturated heterocycles. The van der Waals surface area contributed by atoms with Crippen LogP contribution in [-0.4, -0.2) is 9.55 Å². The SMILES string of the molecule is CCC1CCCC(n2c(N)nc3cc(Cl)c(Cl)cc32)C1. The lowest BCUT2D eigenvalue weighted by atomic mass is 9.84. The molecule has 1 fully saturated rings. The van der Waals surface area contributed by atoms with Gasteiger partial charge in [0.25, 0.3) is 0 Å². The molecule has 108 valence electrons. The zero-order chi connectivity index (χ0) is 14.3. The smallest absolute Gasteiger partial charge is 0.201 e. The van der Waals surface area contributed by atoms with Crippen LogP contribution < -0.4 is 5.73 Å². The lowest BCUT2D eigenvalue weighted by Gasteiger charge is -2.30. The molecule has 3 rings (SSSR count). The van der Waals surface area contributed by atoms with E-state index >= 15 is 0 Å². The third-order valence-corrected chi connectivity index (χ3v) is 5.18. The van der Waals surface area contributed by atoms with Gasteiger partial charge in [0.05, 0.1) is 21.1 Å². The highest BCUT2D eigenvalue weighted by Crippen LogP contribution is 2.38. The van der Waals surface area contributed by atoms with Crippen LogP contribution in [0.2, 0.25) is 10.0 Å². The zero-order valence-corrected chi connectivity index (χ0v) is 13.1. The summed E-state index contributed by atoms with van der Waals surface area (Å²) in [6, 6.07) is 4.11. The summed E-state index contributed by atoms with van der Waals surface area (Å²) in [7, 11) is 0. The number of hydrogen-bond donors (Lipinski definition) is 1. The van der Waals surface area contributed by atoms with Gasteiger partial charge in [0.1, 0.15) is 0 Å². The van der Waals surface area contributed by atoms with Crippen LogP contribution in [0, 0.1) is 5.92 Å². The van der Waals surface area contributed by atoms with Crippen molar-refractivity contribution in [3.63, 3.8) is 0 Å². The predicted molar refractivity (Wildman–Crippen MR) is 85.5 cm³/mol. The van der Waals surface area contributed by atoms with Crippen LogP contribution in [0.3, 0.4) is 0 Å². The zero-order valence-electron chi connectivity index (χ0n) is 11.6. The van der Waals surface area contributed by atoms with Crippen molar-refractivity contribution in [2.75, 3.05) is 5.73 Å². The summed E-state index contributed by atoms with van der Waals surface area (Å²) >= 11 is 12.2. The maximum absolute atomic E-state index is 6.15. The van der Waals surface area contributed by atoms with Gasteiger partial charge in [-0.05, 0) is 30.9 Å². The molecule has 0 aliphatic heterocycles. The number of benzene rings is 1. The summed E-state index contributed by atoms with van der Waals surface area (Å²) in [5.41, 5.74) is 7.96.